The molecule has 4 heteroatoms. The molecule has 2 rings (SSSR count). The summed E-state index contributed by atoms with van der Waals surface area (Å²) in [6, 6.07) is 17.4. The van der Waals surface area contributed by atoms with Crippen LogP contribution in [0.15, 0.2) is 54.6 Å². The summed E-state index contributed by atoms with van der Waals surface area (Å²) >= 11 is 6.05. The summed E-state index contributed by atoms with van der Waals surface area (Å²) in [4.78, 5) is 12.0. The van der Waals surface area contributed by atoms with Crippen molar-refractivity contribution in [2.45, 2.75) is 32.1 Å². The molecule has 0 aliphatic heterocycles. The number of nitrogens with one attached hydrogen (secondary N) is 1. The fourth-order valence-corrected chi connectivity index (χ4v) is 2.55. The highest BCUT2D eigenvalue weighted by Crippen LogP contribution is 2.24. The fraction of sp³-hybridized carbons (Fsp3) is 0.350. The van der Waals surface area contributed by atoms with Gasteiger partial charge in [0.25, 0.3) is 0 Å². The normalized spacial score (nSPS) is 11.1. The Balaban J connectivity index is 1.70. The van der Waals surface area contributed by atoms with Crippen molar-refractivity contribution in [3.8, 4) is 5.75 Å². The largest absolute Gasteiger partial charge is 0.494 e. The van der Waals surface area contributed by atoms with Gasteiger partial charge in [-0.15, -0.1) is 0 Å². The number of hydrogen-bond donors (Lipinski definition) is 1. The van der Waals surface area contributed by atoms with Gasteiger partial charge >= 0.3 is 0 Å². The minimum Gasteiger partial charge on any atom is -0.494 e. The number of hydrogen-bond acceptors (Lipinski definition) is 2. The molecule has 128 valence electrons. The first-order chi connectivity index (χ1) is 11.5. The van der Waals surface area contributed by atoms with Crippen LogP contribution in [0.5, 0.6) is 5.75 Å². The number of ether oxygens (including phenoxy) is 1. The summed E-state index contributed by atoms with van der Waals surface area (Å²) in [6.45, 7) is 5.30. The maximum atomic E-state index is 12.0. The van der Waals surface area contributed by atoms with Crippen LogP contribution in [0.1, 0.15) is 32.3 Å². The minimum atomic E-state index is -0.166. The standard InChI is InChI=1S/C20H24ClNO2/c1-20(2,16-8-6-9-17(21)14-16)15-22-19(23)12-7-13-24-18-10-4-3-5-11-18/h3-6,8-11,14H,7,12-13,15H2,1-2H3,(H,22,23). The lowest BCUT2D eigenvalue weighted by Gasteiger charge is -2.26. The molecule has 1 amide bonds. The van der Waals surface area contributed by atoms with Crippen molar-refractivity contribution in [3.05, 3.63) is 65.2 Å². The fourth-order valence-electron chi connectivity index (χ4n) is 2.36. The number of para-hydroxylation sites is 1. The number of amides is 1. The van der Waals surface area contributed by atoms with E-state index in [-0.39, 0.29) is 11.3 Å². The maximum absolute atomic E-state index is 12.0. The van der Waals surface area contributed by atoms with Gasteiger partial charge in [0, 0.05) is 23.4 Å². The summed E-state index contributed by atoms with van der Waals surface area (Å²) in [5.41, 5.74) is 0.948. The molecule has 0 radical (unpaired) electrons. The van der Waals surface area contributed by atoms with Gasteiger partial charge in [0.05, 0.1) is 6.61 Å². The first-order valence-electron chi connectivity index (χ1n) is 8.18. The van der Waals surface area contributed by atoms with Gasteiger partial charge < -0.3 is 10.1 Å². The van der Waals surface area contributed by atoms with Crippen LogP contribution in [-0.4, -0.2) is 19.1 Å². The number of carbonyl (C=O) groups excluding carboxylic acids is 1. The van der Waals surface area contributed by atoms with E-state index >= 15 is 0 Å². The van der Waals surface area contributed by atoms with Crippen LogP contribution in [0.2, 0.25) is 5.02 Å². The third kappa shape index (κ3) is 5.89. The predicted molar refractivity (Wildman–Crippen MR) is 98.7 cm³/mol. The van der Waals surface area contributed by atoms with E-state index in [9.17, 15) is 4.79 Å². The molecule has 1 N–H and O–H groups in total. The Kier molecular flexibility index (Phi) is 6.68. The summed E-state index contributed by atoms with van der Waals surface area (Å²) in [5, 5.41) is 3.71. The number of carbonyl (C=O) groups is 1. The van der Waals surface area contributed by atoms with Crippen molar-refractivity contribution in [3.63, 3.8) is 0 Å². The van der Waals surface area contributed by atoms with Crippen LogP contribution in [0.25, 0.3) is 0 Å². The first kappa shape index (κ1) is 18.3. The third-order valence-corrected chi connectivity index (χ3v) is 4.13. The van der Waals surface area contributed by atoms with E-state index in [2.05, 4.69) is 19.2 Å². The molecule has 0 unspecified atom stereocenters. The Hall–Kier alpha value is -2.00. The van der Waals surface area contributed by atoms with Crippen molar-refractivity contribution >= 4 is 17.5 Å². The van der Waals surface area contributed by atoms with E-state index in [1.807, 2.05) is 54.6 Å². The molecule has 3 nitrogen and oxygen atoms in total. The maximum Gasteiger partial charge on any atom is 0.220 e. The molecule has 0 fully saturated rings. The Morgan fingerprint density at radius 2 is 1.88 bits per heavy atom. The SMILES string of the molecule is CC(C)(CNC(=O)CCCOc1ccccc1)c1cccc(Cl)c1. The lowest BCUT2D eigenvalue weighted by molar-refractivity contribution is -0.121. The molecule has 0 aromatic heterocycles. The quantitative estimate of drug-likeness (QED) is 0.710. The zero-order valence-corrected chi connectivity index (χ0v) is 15.0. The highest BCUT2D eigenvalue weighted by molar-refractivity contribution is 6.30. The Morgan fingerprint density at radius 3 is 2.58 bits per heavy atom. The molecule has 0 bridgehead atoms. The topological polar surface area (TPSA) is 38.3 Å². The van der Waals surface area contributed by atoms with E-state index in [1.54, 1.807) is 0 Å². The van der Waals surface area contributed by atoms with Crippen LogP contribution >= 0.6 is 11.6 Å². The number of halogens is 1. The van der Waals surface area contributed by atoms with E-state index < -0.39 is 0 Å². The van der Waals surface area contributed by atoms with Crippen LogP contribution in [0, 0.1) is 0 Å². The van der Waals surface area contributed by atoms with E-state index in [0.717, 1.165) is 11.3 Å². The molecule has 0 spiro atoms. The second kappa shape index (κ2) is 8.74. The van der Waals surface area contributed by atoms with Gasteiger partial charge in [0.15, 0.2) is 0 Å². The molecule has 2 aromatic carbocycles. The van der Waals surface area contributed by atoms with E-state index in [4.69, 9.17) is 16.3 Å². The predicted octanol–water partition coefficient (Wildman–Crippen LogP) is 4.59. The van der Waals surface area contributed by atoms with E-state index in [1.165, 1.54) is 0 Å². The monoisotopic (exact) mass is 345 g/mol. The van der Waals surface area contributed by atoms with Crippen LogP contribution in [0.3, 0.4) is 0 Å². The Labute approximate surface area is 149 Å². The summed E-state index contributed by atoms with van der Waals surface area (Å²) in [7, 11) is 0. The third-order valence-electron chi connectivity index (χ3n) is 3.89. The Bertz CT molecular complexity index is 656. The highest BCUT2D eigenvalue weighted by Gasteiger charge is 2.21. The second-order valence-electron chi connectivity index (χ2n) is 6.44. The zero-order valence-electron chi connectivity index (χ0n) is 14.2. The second-order valence-corrected chi connectivity index (χ2v) is 6.87. The molecule has 24 heavy (non-hydrogen) atoms. The molecule has 0 heterocycles. The summed E-state index contributed by atoms with van der Waals surface area (Å²) < 4.78 is 5.59. The van der Waals surface area contributed by atoms with Crippen molar-refractivity contribution in [1.29, 1.82) is 0 Å². The summed E-state index contributed by atoms with van der Waals surface area (Å²) in [5.74, 6) is 0.877. The van der Waals surface area contributed by atoms with Crippen LogP contribution in [-0.2, 0) is 10.2 Å². The van der Waals surface area contributed by atoms with Crippen LogP contribution < -0.4 is 10.1 Å². The lowest BCUT2D eigenvalue weighted by atomic mass is 9.84. The molecule has 0 aliphatic carbocycles. The molecule has 0 saturated carbocycles. The van der Waals surface area contributed by atoms with Crippen molar-refractivity contribution < 1.29 is 9.53 Å². The Morgan fingerprint density at radius 1 is 1.12 bits per heavy atom. The van der Waals surface area contributed by atoms with Crippen molar-refractivity contribution in [1.82, 2.24) is 5.32 Å². The molecule has 0 saturated heterocycles. The van der Waals surface area contributed by atoms with Gasteiger partial charge in [-0.1, -0.05) is 55.8 Å². The van der Waals surface area contributed by atoms with Crippen molar-refractivity contribution in [2.75, 3.05) is 13.2 Å². The van der Waals surface area contributed by atoms with Gasteiger partial charge in [-0.05, 0) is 36.2 Å². The van der Waals surface area contributed by atoms with Gasteiger partial charge in [0.2, 0.25) is 5.91 Å². The minimum absolute atomic E-state index is 0.0433. The molecular formula is C20H24ClNO2. The highest BCUT2D eigenvalue weighted by atomic mass is 35.5. The van der Waals surface area contributed by atoms with Crippen molar-refractivity contribution in [2.24, 2.45) is 0 Å². The van der Waals surface area contributed by atoms with E-state index in [0.29, 0.717) is 31.0 Å². The van der Waals surface area contributed by atoms with Gasteiger partial charge in [0.1, 0.15) is 5.75 Å². The lowest BCUT2D eigenvalue weighted by Crippen LogP contribution is -2.36. The average Bonchev–Trinajstić information content (AvgIpc) is 2.58. The van der Waals surface area contributed by atoms with Crippen LogP contribution in [0.4, 0.5) is 0 Å². The van der Waals surface area contributed by atoms with Gasteiger partial charge in [-0.2, -0.15) is 0 Å². The van der Waals surface area contributed by atoms with Gasteiger partial charge in [-0.3, -0.25) is 4.79 Å². The average molecular weight is 346 g/mol. The molecule has 0 aliphatic rings. The van der Waals surface area contributed by atoms with Gasteiger partial charge in [-0.25, -0.2) is 0 Å². The number of rotatable bonds is 8. The molecule has 2 aromatic rings. The first-order valence-corrected chi connectivity index (χ1v) is 8.56. The summed E-state index contributed by atoms with van der Waals surface area (Å²) in [6.07, 6.45) is 1.15. The molecular weight excluding hydrogens is 322 g/mol. The zero-order chi connectivity index (χ0) is 17.4. The smallest absolute Gasteiger partial charge is 0.220 e. The molecule has 0 atom stereocenters. The number of benzene rings is 2.